The first-order valence-electron chi connectivity index (χ1n) is 5.14. The van der Waals surface area contributed by atoms with E-state index in [1.165, 1.54) is 5.56 Å². The number of aromatic nitrogens is 2. The summed E-state index contributed by atoms with van der Waals surface area (Å²) in [4.78, 5) is 0.254. The van der Waals surface area contributed by atoms with Crippen molar-refractivity contribution in [2.45, 2.75) is 20.0 Å². The smallest absolute Gasteiger partial charge is 0.284 e. The zero-order valence-corrected chi connectivity index (χ0v) is 11.6. The van der Waals surface area contributed by atoms with Gasteiger partial charge in [0.1, 0.15) is 5.75 Å². The summed E-state index contributed by atoms with van der Waals surface area (Å²) in [5.74, 6) is 1.19. The number of hydrogen-bond acceptors (Lipinski definition) is 4. The Labute approximate surface area is 112 Å². The summed E-state index contributed by atoms with van der Waals surface area (Å²) in [6.07, 6.45) is 0.993. The number of hydrogen-bond donors (Lipinski definition) is 1. The predicted molar refractivity (Wildman–Crippen MR) is 69.5 cm³/mol. The maximum atomic E-state index is 5.57. The van der Waals surface area contributed by atoms with Crippen LogP contribution in [0.2, 0.25) is 0 Å². The molecule has 2 aromatic rings. The molecule has 0 saturated carbocycles. The van der Waals surface area contributed by atoms with Gasteiger partial charge in [0.25, 0.3) is 10.7 Å². The highest BCUT2D eigenvalue weighted by Crippen LogP contribution is 2.26. The minimum Gasteiger partial charge on any atom is -0.483 e. The lowest BCUT2D eigenvalue weighted by Crippen LogP contribution is -1.96. The van der Waals surface area contributed by atoms with Crippen LogP contribution in [0, 0.1) is 4.84 Å². The third-order valence-electron chi connectivity index (χ3n) is 2.24. The number of ether oxygens (including phenoxy) is 1. The number of nitrogens with one attached hydrogen (secondary N) is 1. The van der Waals surface area contributed by atoms with E-state index in [9.17, 15) is 0 Å². The quantitative estimate of drug-likeness (QED) is 0.875. The third-order valence-corrected chi connectivity index (χ3v) is 3.03. The van der Waals surface area contributed by atoms with Crippen molar-refractivity contribution >= 4 is 28.1 Å². The lowest BCUT2D eigenvalue weighted by atomic mass is 10.2. The SMILES string of the molecule is CCc1ccc(OCc2n[nH]c(=S)o2)c(Br)c1. The molecule has 0 radical (unpaired) electrons. The molecule has 0 amide bonds. The third kappa shape index (κ3) is 3.17. The van der Waals surface area contributed by atoms with E-state index in [-0.39, 0.29) is 11.4 Å². The van der Waals surface area contributed by atoms with Crippen molar-refractivity contribution in [3.05, 3.63) is 39.0 Å². The number of benzene rings is 1. The molecule has 0 bridgehead atoms. The van der Waals surface area contributed by atoms with Gasteiger partial charge < -0.3 is 9.15 Å². The Hall–Kier alpha value is -1.14. The van der Waals surface area contributed by atoms with Gasteiger partial charge in [0.2, 0.25) is 0 Å². The van der Waals surface area contributed by atoms with Crippen molar-refractivity contribution in [2.24, 2.45) is 0 Å². The van der Waals surface area contributed by atoms with Crippen LogP contribution < -0.4 is 4.74 Å². The van der Waals surface area contributed by atoms with Crippen LogP contribution >= 0.6 is 28.1 Å². The van der Waals surface area contributed by atoms with Gasteiger partial charge in [-0.05, 0) is 52.3 Å². The molecule has 1 heterocycles. The lowest BCUT2D eigenvalue weighted by molar-refractivity contribution is 0.260. The normalized spacial score (nSPS) is 10.5. The van der Waals surface area contributed by atoms with Gasteiger partial charge >= 0.3 is 0 Å². The fourth-order valence-electron chi connectivity index (χ4n) is 1.34. The molecule has 1 N–H and O–H groups in total. The summed E-state index contributed by atoms with van der Waals surface area (Å²) in [7, 11) is 0. The molecule has 17 heavy (non-hydrogen) atoms. The van der Waals surface area contributed by atoms with Crippen LogP contribution in [0.3, 0.4) is 0 Å². The standard InChI is InChI=1S/C11H11BrN2O2S/c1-2-7-3-4-9(8(12)5-7)15-6-10-13-14-11(17)16-10/h3-5H,2,6H2,1H3,(H,14,17). The van der Waals surface area contributed by atoms with Crippen molar-refractivity contribution in [3.8, 4) is 5.75 Å². The second-order valence-corrected chi connectivity index (χ2v) is 4.64. The number of halogens is 1. The van der Waals surface area contributed by atoms with Gasteiger partial charge in [0.15, 0.2) is 6.61 Å². The molecule has 0 atom stereocenters. The van der Waals surface area contributed by atoms with E-state index in [2.05, 4.69) is 33.1 Å². The monoisotopic (exact) mass is 314 g/mol. The largest absolute Gasteiger partial charge is 0.483 e. The summed E-state index contributed by atoms with van der Waals surface area (Å²) in [6.45, 7) is 2.35. The van der Waals surface area contributed by atoms with Crippen molar-refractivity contribution in [1.82, 2.24) is 10.2 Å². The molecule has 1 aromatic carbocycles. The molecule has 6 heteroatoms. The van der Waals surface area contributed by atoms with Gasteiger partial charge in [-0.25, -0.2) is 5.10 Å². The Morgan fingerprint density at radius 1 is 1.53 bits per heavy atom. The van der Waals surface area contributed by atoms with E-state index in [0.29, 0.717) is 5.89 Å². The molecule has 4 nitrogen and oxygen atoms in total. The fraction of sp³-hybridized carbons (Fsp3) is 0.273. The minimum atomic E-state index is 0.247. The van der Waals surface area contributed by atoms with E-state index in [0.717, 1.165) is 16.6 Å². The van der Waals surface area contributed by atoms with E-state index in [4.69, 9.17) is 21.4 Å². The van der Waals surface area contributed by atoms with Crippen molar-refractivity contribution < 1.29 is 9.15 Å². The summed E-state index contributed by atoms with van der Waals surface area (Å²) < 4.78 is 11.6. The maximum Gasteiger partial charge on any atom is 0.284 e. The number of H-pyrrole nitrogens is 1. The Kier molecular flexibility index (Phi) is 3.96. The number of aryl methyl sites for hydroxylation is 1. The average Bonchev–Trinajstić information content (AvgIpc) is 2.73. The van der Waals surface area contributed by atoms with Crippen LogP contribution in [0.1, 0.15) is 18.4 Å². The van der Waals surface area contributed by atoms with Crippen LogP contribution in [0.5, 0.6) is 5.75 Å². The summed E-state index contributed by atoms with van der Waals surface area (Å²) >= 11 is 8.24. The molecule has 0 saturated heterocycles. The second kappa shape index (κ2) is 5.46. The Morgan fingerprint density at radius 3 is 2.94 bits per heavy atom. The summed E-state index contributed by atoms with van der Waals surface area (Å²) in [6, 6.07) is 5.99. The topological polar surface area (TPSA) is 51.0 Å². The highest BCUT2D eigenvalue weighted by molar-refractivity contribution is 9.10. The molecule has 0 aliphatic heterocycles. The van der Waals surface area contributed by atoms with Gasteiger partial charge in [-0.15, -0.1) is 5.10 Å². The van der Waals surface area contributed by atoms with E-state index in [1.54, 1.807) is 0 Å². The molecule has 0 unspecified atom stereocenters. The number of nitrogens with zero attached hydrogens (tertiary/aromatic N) is 1. The van der Waals surface area contributed by atoms with E-state index in [1.807, 2.05) is 18.2 Å². The second-order valence-electron chi connectivity index (χ2n) is 3.41. The summed E-state index contributed by atoms with van der Waals surface area (Å²) in [5.41, 5.74) is 1.25. The molecule has 2 rings (SSSR count). The zero-order valence-electron chi connectivity index (χ0n) is 9.20. The van der Waals surface area contributed by atoms with Crippen LogP contribution in [0.15, 0.2) is 27.1 Å². The zero-order chi connectivity index (χ0) is 12.3. The number of aromatic amines is 1. The Balaban J connectivity index is 2.06. The van der Waals surface area contributed by atoms with Crippen LogP contribution in [0.25, 0.3) is 0 Å². The van der Waals surface area contributed by atoms with Crippen molar-refractivity contribution in [1.29, 1.82) is 0 Å². The highest BCUT2D eigenvalue weighted by Gasteiger charge is 2.05. The van der Waals surface area contributed by atoms with Gasteiger partial charge in [-0.2, -0.15) is 0 Å². The first kappa shape index (κ1) is 12.3. The van der Waals surface area contributed by atoms with Gasteiger partial charge in [-0.1, -0.05) is 13.0 Å². The van der Waals surface area contributed by atoms with Crippen molar-refractivity contribution in [2.75, 3.05) is 0 Å². The average molecular weight is 315 g/mol. The molecule has 0 spiro atoms. The Bertz CT molecular complexity index is 565. The van der Waals surface area contributed by atoms with Crippen LogP contribution in [-0.2, 0) is 13.0 Å². The van der Waals surface area contributed by atoms with Gasteiger partial charge in [0, 0.05) is 0 Å². The molecular formula is C11H11BrN2O2S. The fourth-order valence-corrected chi connectivity index (χ4v) is 2.03. The molecular weight excluding hydrogens is 304 g/mol. The van der Waals surface area contributed by atoms with Crippen LogP contribution in [0.4, 0.5) is 0 Å². The van der Waals surface area contributed by atoms with Gasteiger partial charge in [-0.3, -0.25) is 0 Å². The minimum absolute atomic E-state index is 0.247. The van der Waals surface area contributed by atoms with Gasteiger partial charge in [0.05, 0.1) is 4.47 Å². The molecule has 90 valence electrons. The maximum absolute atomic E-state index is 5.57. The molecule has 0 fully saturated rings. The lowest BCUT2D eigenvalue weighted by Gasteiger charge is -2.07. The van der Waals surface area contributed by atoms with E-state index >= 15 is 0 Å². The first-order chi connectivity index (χ1) is 8.19. The highest BCUT2D eigenvalue weighted by atomic mass is 79.9. The van der Waals surface area contributed by atoms with Crippen LogP contribution in [-0.4, -0.2) is 10.2 Å². The summed E-state index contributed by atoms with van der Waals surface area (Å²) in [5, 5.41) is 6.40. The first-order valence-corrected chi connectivity index (χ1v) is 6.34. The Morgan fingerprint density at radius 2 is 2.35 bits per heavy atom. The van der Waals surface area contributed by atoms with E-state index < -0.39 is 0 Å². The molecule has 0 aliphatic rings. The predicted octanol–water partition coefficient (Wildman–Crippen LogP) is 3.64. The van der Waals surface area contributed by atoms with Crippen molar-refractivity contribution in [3.63, 3.8) is 0 Å². The molecule has 1 aromatic heterocycles. The number of rotatable bonds is 4. The molecule has 0 aliphatic carbocycles.